The Bertz CT molecular complexity index is 2350. The van der Waals surface area contributed by atoms with Crippen LogP contribution in [-0.4, -0.2) is 83.7 Å². The largest absolute Gasteiger partial charge is 0.469 e. The lowest BCUT2D eigenvalue weighted by molar-refractivity contribution is -0.155. The number of hydrogen-bond donors (Lipinski definition) is 4. The molecule has 0 heterocycles. The van der Waals surface area contributed by atoms with Crippen molar-refractivity contribution < 1.29 is 43.3 Å². The standard InChI is InChI=1S/C53H57N3O9S/c1-51(2,3)65-46(58)29-28-43(55-50(62)64-33-42-40-26-16-14-24-38(40)39-25-15-17-27-41(39)42)48(60)54-44(49(61)56-52(30-31-52)45(57)32-47(59)63-4)34-66-53(35-18-8-5-9-19-35,36-20-10-6-11-21-36)37-22-12-7-13-23-37/h5-27,42-45,57H,28-34H2,1-4H3,(H,54,60)(H,55,62)(H,56,61)/t43-,44-,45+/m1/s1. The second-order valence-electron chi connectivity index (χ2n) is 17.7. The van der Waals surface area contributed by atoms with Gasteiger partial charge in [-0.2, -0.15) is 0 Å². The highest BCUT2D eigenvalue weighted by Gasteiger charge is 2.52. The molecule has 0 spiro atoms. The molecule has 0 aromatic heterocycles. The lowest BCUT2D eigenvalue weighted by atomic mass is 9.84. The summed E-state index contributed by atoms with van der Waals surface area (Å²) in [5, 5.41) is 19.8. The molecule has 5 aromatic rings. The maximum Gasteiger partial charge on any atom is 0.407 e. The number of alkyl carbamates (subject to hydrolysis) is 1. The van der Waals surface area contributed by atoms with Gasteiger partial charge < -0.3 is 35.3 Å². The second kappa shape index (κ2) is 20.8. The molecule has 66 heavy (non-hydrogen) atoms. The minimum absolute atomic E-state index is 0.00314. The number of aliphatic hydroxyl groups is 1. The molecule has 2 aliphatic rings. The number of esters is 2. The minimum Gasteiger partial charge on any atom is -0.469 e. The molecule has 1 saturated carbocycles. The Balaban J connectivity index is 1.18. The quantitative estimate of drug-likeness (QED) is 0.0365. The van der Waals surface area contributed by atoms with Crippen molar-refractivity contribution in [3.05, 3.63) is 167 Å². The number of methoxy groups -OCH3 is 1. The van der Waals surface area contributed by atoms with Gasteiger partial charge in [-0.15, -0.1) is 11.8 Å². The summed E-state index contributed by atoms with van der Waals surface area (Å²) in [7, 11) is 1.23. The maximum atomic E-state index is 14.7. The summed E-state index contributed by atoms with van der Waals surface area (Å²) >= 11 is 1.44. The Morgan fingerprint density at radius 3 is 1.67 bits per heavy atom. The van der Waals surface area contributed by atoms with E-state index >= 15 is 0 Å². The van der Waals surface area contributed by atoms with Gasteiger partial charge in [-0.1, -0.05) is 140 Å². The summed E-state index contributed by atoms with van der Waals surface area (Å²) < 4.78 is 15.3. The number of hydrogen-bond acceptors (Lipinski definition) is 10. The first kappa shape index (κ1) is 47.5. The zero-order valence-corrected chi connectivity index (χ0v) is 38.5. The maximum absolute atomic E-state index is 14.7. The molecule has 3 atom stereocenters. The smallest absolute Gasteiger partial charge is 0.407 e. The fourth-order valence-corrected chi connectivity index (χ4v) is 10.1. The van der Waals surface area contributed by atoms with Crippen molar-refractivity contribution in [2.24, 2.45) is 0 Å². The molecular weight excluding hydrogens is 855 g/mol. The van der Waals surface area contributed by atoms with E-state index < -0.39 is 63.9 Å². The van der Waals surface area contributed by atoms with Crippen LogP contribution in [0.3, 0.4) is 0 Å². The second-order valence-corrected chi connectivity index (χ2v) is 19.0. The number of amides is 3. The van der Waals surface area contributed by atoms with Crippen LogP contribution in [0.15, 0.2) is 140 Å². The molecule has 5 aromatic carbocycles. The zero-order valence-electron chi connectivity index (χ0n) is 37.7. The molecule has 2 aliphatic carbocycles. The summed E-state index contributed by atoms with van der Waals surface area (Å²) in [6.45, 7) is 5.19. The Morgan fingerprint density at radius 2 is 1.18 bits per heavy atom. The average molecular weight is 912 g/mol. The highest BCUT2D eigenvalue weighted by Crippen LogP contribution is 2.49. The van der Waals surface area contributed by atoms with Crippen LogP contribution < -0.4 is 16.0 Å². The molecule has 7 rings (SSSR count). The lowest BCUT2D eigenvalue weighted by Gasteiger charge is -2.37. The summed E-state index contributed by atoms with van der Waals surface area (Å²) in [6, 6.07) is 42.9. The highest BCUT2D eigenvalue weighted by molar-refractivity contribution is 8.00. The van der Waals surface area contributed by atoms with E-state index in [2.05, 4.69) is 16.0 Å². The number of carbonyl (C=O) groups excluding carboxylic acids is 5. The summed E-state index contributed by atoms with van der Waals surface area (Å²) in [6.07, 6.45) is -2.06. The molecule has 0 unspecified atom stereocenters. The normalized spacial score (nSPS) is 15.2. The van der Waals surface area contributed by atoms with Gasteiger partial charge in [0.2, 0.25) is 11.8 Å². The van der Waals surface area contributed by atoms with Gasteiger partial charge in [0, 0.05) is 18.1 Å². The van der Waals surface area contributed by atoms with Crippen LogP contribution in [0.25, 0.3) is 11.1 Å². The molecular formula is C53H57N3O9S. The monoisotopic (exact) mass is 911 g/mol. The first-order valence-electron chi connectivity index (χ1n) is 22.2. The number of rotatable bonds is 19. The Hall–Kier alpha value is -6.44. The van der Waals surface area contributed by atoms with Crippen molar-refractivity contribution in [1.29, 1.82) is 0 Å². The molecule has 0 aliphatic heterocycles. The van der Waals surface area contributed by atoms with Crippen LogP contribution >= 0.6 is 11.8 Å². The summed E-state index contributed by atoms with van der Waals surface area (Å²) in [5.74, 6) is -2.79. The molecule has 4 N–H and O–H groups in total. The predicted molar refractivity (Wildman–Crippen MR) is 253 cm³/mol. The lowest BCUT2D eigenvalue weighted by Crippen LogP contribution is -2.58. The number of benzene rings is 5. The van der Waals surface area contributed by atoms with E-state index in [-0.39, 0.29) is 37.5 Å². The summed E-state index contributed by atoms with van der Waals surface area (Å²) in [4.78, 5) is 68.4. The number of nitrogens with one attached hydrogen (secondary N) is 3. The Labute approximate surface area is 390 Å². The van der Waals surface area contributed by atoms with E-state index in [9.17, 15) is 29.1 Å². The van der Waals surface area contributed by atoms with Gasteiger partial charge in [0.05, 0.1) is 29.9 Å². The van der Waals surface area contributed by atoms with Gasteiger partial charge in [0.25, 0.3) is 0 Å². The fourth-order valence-electron chi connectivity index (χ4n) is 8.58. The van der Waals surface area contributed by atoms with Crippen LogP contribution in [0.5, 0.6) is 0 Å². The van der Waals surface area contributed by atoms with Gasteiger partial charge in [-0.3, -0.25) is 19.2 Å². The molecule has 1 fully saturated rings. The summed E-state index contributed by atoms with van der Waals surface area (Å²) in [5.41, 5.74) is 5.01. The Morgan fingerprint density at radius 1 is 0.682 bits per heavy atom. The van der Waals surface area contributed by atoms with E-state index in [1.165, 1.54) is 18.9 Å². The van der Waals surface area contributed by atoms with Gasteiger partial charge >= 0.3 is 18.0 Å². The topological polar surface area (TPSA) is 169 Å². The Kier molecular flexibility index (Phi) is 15.0. The highest BCUT2D eigenvalue weighted by atomic mass is 32.2. The van der Waals surface area contributed by atoms with Crippen molar-refractivity contribution in [1.82, 2.24) is 16.0 Å². The number of carbonyl (C=O) groups is 5. The van der Waals surface area contributed by atoms with Gasteiger partial charge in [-0.05, 0) is 79.0 Å². The average Bonchev–Trinajstić information content (AvgIpc) is 4.04. The molecule has 3 amide bonds. The fraction of sp³-hybridized carbons (Fsp3) is 0.340. The van der Waals surface area contributed by atoms with Crippen molar-refractivity contribution in [2.45, 2.75) is 92.9 Å². The van der Waals surface area contributed by atoms with Crippen LogP contribution in [0.1, 0.15) is 86.6 Å². The molecule has 0 saturated heterocycles. The minimum atomic E-state index is -1.34. The van der Waals surface area contributed by atoms with Crippen LogP contribution in [0, 0.1) is 0 Å². The van der Waals surface area contributed by atoms with Crippen molar-refractivity contribution >= 4 is 41.6 Å². The third-order valence-corrected chi connectivity index (χ3v) is 13.7. The number of aliphatic hydroxyl groups excluding tert-OH is 1. The van der Waals surface area contributed by atoms with Crippen molar-refractivity contribution in [3.8, 4) is 11.1 Å². The molecule has 344 valence electrons. The first-order valence-corrected chi connectivity index (χ1v) is 23.2. The van der Waals surface area contributed by atoms with E-state index in [4.69, 9.17) is 14.2 Å². The van der Waals surface area contributed by atoms with Crippen molar-refractivity contribution in [3.63, 3.8) is 0 Å². The number of thioether (sulfide) groups is 1. The van der Waals surface area contributed by atoms with Crippen molar-refractivity contribution in [2.75, 3.05) is 19.5 Å². The molecule has 12 nitrogen and oxygen atoms in total. The third kappa shape index (κ3) is 11.1. The van der Waals surface area contributed by atoms with E-state index in [1.807, 2.05) is 140 Å². The third-order valence-electron chi connectivity index (χ3n) is 12.0. The number of ether oxygens (including phenoxy) is 3. The molecule has 0 radical (unpaired) electrons. The zero-order chi connectivity index (χ0) is 46.9. The predicted octanol–water partition coefficient (Wildman–Crippen LogP) is 7.80. The molecule has 0 bridgehead atoms. The van der Waals surface area contributed by atoms with Gasteiger partial charge in [0.15, 0.2) is 0 Å². The van der Waals surface area contributed by atoms with E-state index in [0.717, 1.165) is 38.9 Å². The van der Waals surface area contributed by atoms with Crippen LogP contribution in [0.4, 0.5) is 4.79 Å². The van der Waals surface area contributed by atoms with Gasteiger partial charge in [-0.25, -0.2) is 4.79 Å². The van der Waals surface area contributed by atoms with Gasteiger partial charge in [0.1, 0.15) is 24.3 Å². The van der Waals surface area contributed by atoms with E-state index in [0.29, 0.717) is 12.8 Å². The number of fused-ring (bicyclic) bond motifs is 3. The first-order chi connectivity index (χ1) is 31.7. The van der Waals surface area contributed by atoms with Crippen LogP contribution in [0.2, 0.25) is 0 Å². The van der Waals surface area contributed by atoms with E-state index in [1.54, 1.807) is 20.8 Å². The van der Waals surface area contributed by atoms with Crippen LogP contribution in [-0.2, 0) is 38.1 Å². The molecule has 13 heteroatoms. The SMILES string of the molecule is COC(=O)C[C@H](O)C1(NC(=O)[C@@H](CSC(c2ccccc2)(c2ccccc2)c2ccccc2)NC(=O)[C@@H](CCC(=O)OC(C)(C)C)NC(=O)OCC2c3ccccc3-c3ccccc32)CC1.